The molecule has 0 saturated carbocycles. The summed E-state index contributed by atoms with van der Waals surface area (Å²) in [5.74, 6) is 0.979. The average molecular weight is 278 g/mol. The molecule has 0 fully saturated rings. The Morgan fingerprint density at radius 1 is 1.30 bits per heavy atom. The third kappa shape index (κ3) is 5.61. The number of ether oxygens (including phenoxy) is 1. The molecular formula is C16H26N2O2. The summed E-state index contributed by atoms with van der Waals surface area (Å²) >= 11 is 0. The Morgan fingerprint density at radius 3 is 2.55 bits per heavy atom. The van der Waals surface area contributed by atoms with Gasteiger partial charge in [-0.3, -0.25) is 4.79 Å². The monoisotopic (exact) mass is 278 g/mol. The van der Waals surface area contributed by atoms with E-state index in [1.165, 1.54) is 0 Å². The third-order valence-electron chi connectivity index (χ3n) is 3.15. The molecule has 0 saturated heterocycles. The summed E-state index contributed by atoms with van der Waals surface area (Å²) in [5, 5.41) is 2.94. The van der Waals surface area contributed by atoms with Gasteiger partial charge in [-0.2, -0.15) is 0 Å². The lowest BCUT2D eigenvalue weighted by Crippen LogP contribution is -2.36. The number of hydrogen-bond acceptors (Lipinski definition) is 3. The fraction of sp³-hybridized carbons (Fsp3) is 0.562. The minimum Gasteiger partial charge on any atom is -0.491 e. The number of unbranched alkanes of at least 4 members (excludes halogenated alkanes) is 1. The van der Waals surface area contributed by atoms with Crippen LogP contribution in [0.4, 0.5) is 0 Å². The number of benzene rings is 1. The number of carbonyl (C=O) groups is 1. The Bertz CT molecular complexity index is 412. The molecule has 1 aromatic rings. The standard InChI is InChI=1S/C16H26N2O2/c1-12-7-6-8-13(2)16(12)20-11-14(3)18-15(19)9-4-5-10-17/h6-8,14H,4-5,9-11,17H2,1-3H3,(H,18,19). The molecule has 1 atom stereocenters. The molecule has 1 unspecified atom stereocenters. The molecule has 0 spiro atoms. The molecule has 20 heavy (non-hydrogen) atoms. The fourth-order valence-electron chi connectivity index (χ4n) is 2.05. The first-order valence-electron chi connectivity index (χ1n) is 7.23. The van der Waals surface area contributed by atoms with Crippen LogP contribution in [0.2, 0.25) is 0 Å². The van der Waals surface area contributed by atoms with Crippen LogP contribution in [0, 0.1) is 13.8 Å². The number of para-hydroxylation sites is 1. The second-order valence-electron chi connectivity index (χ2n) is 5.25. The summed E-state index contributed by atoms with van der Waals surface area (Å²) < 4.78 is 5.82. The zero-order valence-electron chi connectivity index (χ0n) is 12.7. The van der Waals surface area contributed by atoms with Crippen molar-refractivity contribution in [1.29, 1.82) is 0 Å². The van der Waals surface area contributed by atoms with Gasteiger partial charge in [-0.05, 0) is 51.3 Å². The van der Waals surface area contributed by atoms with Gasteiger partial charge in [0.2, 0.25) is 5.91 Å². The summed E-state index contributed by atoms with van der Waals surface area (Å²) in [6.45, 7) is 7.12. The average Bonchev–Trinajstić information content (AvgIpc) is 2.38. The Hall–Kier alpha value is -1.55. The van der Waals surface area contributed by atoms with E-state index in [0.717, 1.165) is 29.7 Å². The number of aryl methyl sites for hydroxylation is 2. The molecule has 4 nitrogen and oxygen atoms in total. The van der Waals surface area contributed by atoms with Crippen molar-refractivity contribution >= 4 is 5.91 Å². The van der Waals surface area contributed by atoms with Crippen LogP contribution < -0.4 is 15.8 Å². The Morgan fingerprint density at radius 2 is 1.95 bits per heavy atom. The first kappa shape index (κ1) is 16.5. The van der Waals surface area contributed by atoms with E-state index in [9.17, 15) is 4.79 Å². The normalized spacial score (nSPS) is 12.0. The second kappa shape index (κ2) is 8.59. The van der Waals surface area contributed by atoms with E-state index >= 15 is 0 Å². The van der Waals surface area contributed by atoms with E-state index in [-0.39, 0.29) is 11.9 Å². The summed E-state index contributed by atoms with van der Waals surface area (Å²) in [5.41, 5.74) is 7.64. The lowest BCUT2D eigenvalue weighted by molar-refractivity contribution is -0.122. The second-order valence-corrected chi connectivity index (χ2v) is 5.25. The highest BCUT2D eigenvalue weighted by Gasteiger charge is 2.09. The quantitative estimate of drug-likeness (QED) is 0.717. The van der Waals surface area contributed by atoms with Gasteiger partial charge in [0.1, 0.15) is 12.4 Å². The van der Waals surface area contributed by atoms with Gasteiger partial charge in [0.25, 0.3) is 0 Å². The van der Waals surface area contributed by atoms with Crippen molar-refractivity contribution in [2.75, 3.05) is 13.2 Å². The molecule has 0 aliphatic carbocycles. The van der Waals surface area contributed by atoms with Gasteiger partial charge in [0.05, 0.1) is 6.04 Å². The molecule has 0 aliphatic rings. The smallest absolute Gasteiger partial charge is 0.220 e. The van der Waals surface area contributed by atoms with Crippen LogP contribution in [-0.2, 0) is 4.79 Å². The number of carbonyl (C=O) groups excluding carboxylic acids is 1. The molecule has 0 aromatic heterocycles. The topological polar surface area (TPSA) is 64.3 Å². The Labute approximate surface area is 121 Å². The van der Waals surface area contributed by atoms with Crippen molar-refractivity contribution < 1.29 is 9.53 Å². The zero-order chi connectivity index (χ0) is 15.0. The number of hydrogen-bond donors (Lipinski definition) is 2. The van der Waals surface area contributed by atoms with Crippen molar-refractivity contribution in [3.63, 3.8) is 0 Å². The Balaban J connectivity index is 2.36. The van der Waals surface area contributed by atoms with Gasteiger partial charge in [0, 0.05) is 6.42 Å². The van der Waals surface area contributed by atoms with E-state index in [0.29, 0.717) is 19.6 Å². The first-order valence-corrected chi connectivity index (χ1v) is 7.23. The largest absolute Gasteiger partial charge is 0.491 e. The third-order valence-corrected chi connectivity index (χ3v) is 3.15. The van der Waals surface area contributed by atoms with Crippen LogP contribution in [0.3, 0.4) is 0 Å². The lowest BCUT2D eigenvalue weighted by Gasteiger charge is -2.17. The van der Waals surface area contributed by atoms with Crippen molar-refractivity contribution in [2.45, 2.75) is 46.1 Å². The highest BCUT2D eigenvalue weighted by molar-refractivity contribution is 5.76. The number of amides is 1. The van der Waals surface area contributed by atoms with Crippen molar-refractivity contribution in [3.8, 4) is 5.75 Å². The van der Waals surface area contributed by atoms with Crippen LogP contribution in [0.5, 0.6) is 5.75 Å². The summed E-state index contributed by atoms with van der Waals surface area (Å²) in [6, 6.07) is 6.07. The van der Waals surface area contributed by atoms with Gasteiger partial charge in [0.15, 0.2) is 0 Å². The molecule has 1 rings (SSSR count). The highest BCUT2D eigenvalue weighted by atomic mass is 16.5. The minimum absolute atomic E-state index is 0.000572. The van der Waals surface area contributed by atoms with E-state index < -0.39 is 0 Å². The van der Waals surface area contributed by atoms with Crippen LogP contribution >= 0.6 is 0 Å². The van der Waals surface area contributed by atoms with Gasteiger partial charge in [-0.1, -0.05) is 18.2 Å². The number of nitrogens with two attached hydrogens (primary N) is 1. The van der Waals surface area contributed by atoms with E-state index in [2.05, 4.69) is 5.32 Å². The van der Waals surface area contributed by atoms with E-state index in [1.54, 1.807) is 0 Å². The molecule has 1 amide bonds. The SMILES string of the molecule is Cc1cccc(C)c1OCC(C)NC(=O)CCCCN. The van der Waals surface area contributed by atoms with E-state index in [1.807, 2.05) is 39.0 Å². The van der Waals surface area contributed by atoms with E-state index in [4.69, 9.17) is 10.5 Å². The maximum absolute atomic E-state index is 11.7. The van der Waals surface area contributed by atoms with Crippen molar-refractivity contribution in [2.24, 2.45) is 5.73 Å². The summed E-state index contributed by atoms with van der Waals surface area (Å²) in [6.07, 6.45) is 2.26. The van der Waals surface area contributed by atoms with Crippen LogP contribution in [0.1, 0.15) is 37.3 Å². The maximum atomic E-state index is 11.7. The van der Waals surface area contributed by atoms with Crippen LogP contribution in [0.15, 0.2) is 18.2 Å². The van der Waals surface area contributed by atoms with Gasteiger partial charge in [-0.15, -0.1) is 0 Å². The molecule has 0 bridgehead atoms. The first-order chi connectivity index (χ1) is 9.54. The number of rotatable bonds is 8. The predicted molar refractivity (Wildman–Crippen MR) is 81.9 cm³/mol. The maximum Gasteiger partial charge on any atom is 0.220 e. The number of nitrogens with one attached hydrogen (secondary N) is 1. The fourth-order valence-corrected chi connectivity index (χ4v) is 2.05. The van der Waals surface area contributed by atoms with Crippen LogP contribution in [-0.4, -0.2) is 25.1 Å². The van der Waals surface area contributed by atoms with Gasteiger partial charge >= 0.3 is 0 Å². The predicted octanol–water partition coefficient (Wildman–Crippen LogP) is 2.32. The summed E-state index contributed by atoms with van der Waals surface area (Å²) in [4.78, 5) is 11.7. The molecule has 4 heteroatoms. The van der Waals surface area contributed by atoms with Crippen molar-refractivity contribution in [1.82, 2.24) is 5.32 Å². The molecule has 112 valence electrons. The summed E-state index contributed by atoms with van der Waals surface area (Å²) in [7, 11) is 0. The molecule has 0 heterocycles. The molecule has 1 aromatic carbocycles. The Kier molecular flexibility index (Phi) is 7.09. The molecular weight excluding hydrogens is 252 g/mol. The highest BCUT2D eigenvalue weighted by Crippen LogP contribution is 2.22. The molecule has 0 aliphatic heterocycles. The minimum atomic E-state index is -0.000572. The molecule has 3 N–H and O–H groups in total. The van der Waals surface area contributed by atoms with Crippen LogP contribution in [0.25, 0.3) is 0 Å². The van der Waals surface area contributed by atoms with Gasteiger partial charge in [-0.25, -0.2) is 0 Å². The van der Waals surface area contributed by atoms with Crippen molar-refractivity contribution in [3.05, 3.63) is 29.3 Å². The molecule has 0 radical (unpaired) electrons. The zero-order valence-corrected chi connectivity index (χ0v) is 12.7. The lowest BCUT2D eigenvalue weighted by atomic mass is 10.1. The van der Waals surface area contributed by atoms with Gasteiger partial charge < -0.3 is 15.8 Å².